The van der Waals surface area contributed by atoms with Gasteiger partial charge in [0.2, 0.25) is 5.95 Å². The fraction of sp³-hybridized carbons (Fsp3) is 0.467. The first kappa shape index (κ1) is 12.4. The maximum Gasteiger partial charge on any atom is 0.225 e. The molecule has 0 bridgehead atoms. The quantitative estimate of drug-likeness (QED) is 0.917. The van der Waals surface area contributed by atoms with Crippen molar-refractivity contribution in [2.24, 2.45) is 0 Å². The molecule has 0 aliphatic heterocycles. The molecule has 0 atom stereocenters. The van der Waals surface area contributed by atoms with Crippen molar-refractivity contribution in [1.29, 1.82) is 0 Å². The molecular formula is C15H19N3O. The third kappa shape index (κ3) is 2.54. The molecule has 1 aliphatic rings. The number of anilines is 1. The third-order valence-electron chi connectivity index (χ3n) is 3.88. The predicted molar refractivity (Wildman–Crippen MR) is 76.2 cm³/mol. The maximum absolute atomic E-state index is 10.4. The van der Waals surface area contributed by atoms with Crippen LogP contribution in [0.4, 0.5) is 5.95 Å². The van der Waals surface area contributed by atoms with Crippen molar-refractivity contribution < 1.29 is 5.11 Å². The van der Waals surface area contributed by atoms with E-state index in [1.54, 1.807) is 0 Å². The molecule has 1 saturated carbocycles. The van der Waals surface area contributed by atoms with Gasteiger partial charge in [0.05, 0.1) is 11.1 Å². The zero-order valence-corrected chi connectivity index (χ0v) is 11.2. The van der Waals surface area contributed by atoms with Gasteiger partial charge in [-0.3, -0.25) is 0 Å². The molecule has 3 rings (SSSR count). The number of para-hydroxylation sites is 1. The van der Waals surface area contributed by atoms with Crippen LogP contribution in [0.25, 0.3) is 10.9 Å². The van der Waals surface area contributed by atoms with Gasteiger partial charge in [0, 0.05) is 25.2 Å². The molecule has 1 aromatic heterocycles. The number of benzene rings is 1. The number of aliphatic hydroxyl groups is 1. The fourth-order valence-corrected chi connectivity index (χ4v) is 2.85. The Kier molecular flexibility index (Phi) is 3.11. The minimum absolute atomic E-state index is 0.566. The van der Waals surface area contributed by atoms with E-state index in [9.17, 15) is 5.11 Å². The highest BCUT2D eigenvalue weighted by Gasteiger charge is 2.32. The molecule has 0 saturated heterocycles. The van der Waals surface area contributed by atoms with Crippen molar-refractivity contribution in [1.82, 2.24) is 9.97 Å². The molecule has 19 heavy (non-hydrogen) atoms. The van der Waals surface area contributed by atoms with Crippen LogP contribution in [0.1, 0.15) is 25.7 Å². The molecule has 1 N–H and O–H groups in total. The van der Waals surface area contributed by atoms with Crippen LogP contribution >= 0.6 is 0 Å². The van der Waals surface area contributed by atoms with E-state index in [1.807, 2.05) is 42.4 Å². The summed E-state index contributed by atoms with van der Waals surface area (Å²) in [4.78, 5) is 10.9. The summed E-state index contributed by atoms with van der Waals surface area (Å²) in [7, 11) is 1.94. The van der Waals surface area contributed by atoms with Gasteiger partial charge in [-0.05, 0) is 18.9 Å². The Morgan fingerprint density at radius 2 is 2.00 bits per heavy atom. The number of hydrogen-bond donors (Lipinski definition) is 1. The highest BCUT2D eigenvalue weighted by molar-refractivity contribution is 5.78. The van der Waals surface area contributed by atoms with E-state index in [0.29, 0.717) is 12.5 Å². The average Bonchev–Trinajstić information content (AvgIpc) is 2.84. The van der Waals surface area contributed by atoms with Crippen LogP contribution < -0.4 is 4.90 Å². The predicted octanol–water partition coefficient (Wildman–Crippen LogP) is 2.37. The molecule has 1 aliphatic carbocycles. The number of hydrogen-bond acceptors (Lipinski definition) is 4. The molecule has 4 heteroatoms. The highest BCUT2D eigenvalue weighted by Crippen LogP contribution is 2.30. The second kappa shape index (κ2) is 4.78. The molecular weight excluding hydrogens is 238 g/mol. The first-order valence-corrected chi connectivity index (χ1v) is 6.82. The molecule has 100 valence electrons. The molecule has 0 spiro atoms. The molecule has 4 nitrogen and oxygen atoms in total. The van der Waals surface area contributed by atoms with Crippen LogP contribution in [-0.4, -0.2) is 34.3 Å². The summed E-state index contributed by atoms with van der Waals surface area (Å²) in [5, 5.41) is 11.5. The Morgan fingerprint density at radius 3 is 2.79 bits per heavy atom. The van der Waals surface area contributed by atoms with E-state index in [1.165, 1.54) is 0 Å². The van der Waals surface area contributed by atoms with E-state index in [0.717, 1.165) is 36.6 Å². The minimum Gasteiger partial charge on any atom is -0.388 e. The smallest absolute Gasteiger partial charge is 0.225 e. The molecule has 2 aromatic rings. The summed E-state index contributed by atoms with van der Waals surface area (Å²) < 4.78 is 0. The van der Waals surface area contributed by atoms with Gasteiger partial charge in [-0.15, -0.1) is 0 Å². The van der Waals surface area contributed by atoms with Gasteiger partial charge < -0.3 is 10.0 Å². The van der Waals surface area contributed by atoms with Crippen LogP contribution in [0.2, 0.25) is 0 Å². The van der Waals surface area contributed by atoms with Crippen molar-refractivity contribution in [3.63, 3.8) is 0 Å². The normalized spacial score (nSPS) is 17.8. The monoisotopic (exact) mass is 257 g/mol. The van der Waals surface area contributed by atoms with Crippen molar-refractivity contribution in [2.45, 2.75) is 31.3 Å². The van der Waals surface area contributed by atoms with Crippen LogP contribution in [0, 0.1) is 0 Å². The summed E-state index contributed by atoms with van der Waals surface area (Å²) in [6, 6.07) is 7.95. The second-order valence-electron chi connectivity index (χ2n) is 5.52. The lowest BCUT2D eigenvalue weighted by Gasteiger charge is -2.28. The van der Waals surface area contributed by atoms with Crippen LogP contribution in [-0.2, 0) is 0 Å². The lowest BCUT2D eigenvalue weighted by atomic mass is 10.0. The van der Waals surface area contributed by atoms with E-state index in [-0.39, 0.29) is 0 Å². The zero-order valence-electron chi connectivity index (χ0n) is 11.2. The van der Waals surface area contributed by atoms with Crippen molar-refractivity contribution >= 4 is 16.9 Å². The lowest BCUT2D eigenvalue weighted by Crippen LogP contribution is -2.39. The molecule has 0 amide bonds. The number of rotatable bonds is 3. The molecule has 0 unspecified atom stereocenters. The third-order valence-corrected chi connectivity index (χ3v) is 3.88. The summed E-state index contributed by atoms with van der Waals surface area (Å²) in [6.07, 6.45) is 5.83. The van der Waals surface area contributed by atoms with Gasteiger partial charge in [0.25, 0.3) is 0 Å². The van der Waals surface area contributed by atoms with Crippen molar-refractivity contribution in [2.75, 3.05) is 18.5 Å². The van der Waals surface area contributed by atoms with E-state index in [4.69, 9.17) is 0 Å². The number of fused-ring (bicyclic) bond motifs is 1. The van der Waals surface area contributed by atoms with Gasteiger partial charge in [-0.1, -0.05) is 31.0 Å². The number of aromatic nitrogens is 2. The van der Waals surface area contributed by atoms with Gasteiger partial charge in [0.1, 0.15) is 0 Å². The summed E-state index contributed by atoms with van der Waals surface area (Å²) >= 11 is 0. The van der Waals surface area contributed by atoms with Gasteiger partial charge >= 0.3 is 0 Å². The Balaban J connectivity index is 1.83. The fourth-order valence-electron chi connectivity index (χ4n) is 2.85. The summed E-state index contributed by atoms with van der Waals surface area (Å²) in [5.74, 6) is 0.680. The van der Waals surface area contributed by atoms with Crippen molar-refractivity contribution in [3.8, 4) is 0 Å². The topological polar surface area (TPSA) is 49.2 Å². The Hall–Kier alpha value is -1.68. The second-order valence-corrected chi connectivity index (χ2v) is 5.52. The van der Waals surface area contributed by atoms with Gasteiger partial charge in [-0.2, -0.15) is 0 Å². The molecule has 1 heterocycles. The van der Waals surface area contributed by atoms with E-state index < -0.39 is 5.60 Å². The molecule has 1 aromatic carbocycles. The lowest BCUT2D eigenvalue weighted by molar-refractivity contribution is 0.0556. The number of nitrogens with zero attached hydrogens (tertiary/aromatic N) is 3. The zero-order chi connectivity index (χ0) is 13.3. The van der Waals surface area contributed by atoms with Crippen LogP contribution in [0.5, 0.6) is 0 Å². The first-order valence-electron chi connectivity index (χ1n) is 6.82. The van der Waals surface area contributed by atoms with Crippen LogP contribution in [0.3, 0.4) is 0 Å². The van der Waals surface area contributed by atoms with E-state index >= 15 is 0 Å². The Bertz CT molecular complexity index is 578. The number of likely N-dealkylation sites (N-methyl/N-ethyl adjacent to an activating group) is 1. The first-order chi connectivity index (χ1) is 9.16. The summed E-state index contributed by atoms with van der Waals surface area (Å²) in [5.41, 5.74) is 0.377. The average molecular weight is 257 g/mol. The maximum atomic E-state index is 10.4. The molecule has 1 fully saturated rings. The van der Waals surface area contributed by atoms with Crippen molar-refractivity contribution in [3.05, 3.63) is 30.5 Å². The van der Waals surface area contributed by atoms with E-state index in [2.05, 4.69) is 9.97 Å². The standard InChI is InChI=1S/C15H19N3O/c1-18(11-15(19)8-4-5-9-15)14-16-10-12-6-2-3-7-13(12)17-14/h2-3,6-7,10,19H,4-5,8-9,11H2,1H3. The summed E-state index contributed by atoms with van der Waals surface area (Å²) in [6.45, 7) is 0.603. The van der Waals surface area contributed by atoms with Crippen LogP contribution in [0.15, 0.2) is 30.5 Å². The largest absolute Gasteiger partial charge is 0.388 e. The minimum atomic E-state index is -0.566. The highest BCUT2D eigenvalue weighted by atomic mass is 16.3. The Morgan fingerprint density at radius 1 is 1.26 bits per heavy atom. The SMILES string of the molecule is CN(CC1(O)CCCC1)c1ncc2ccccc2n1. The Labute approximate surface area is 113 Å². The van der Waals surface area contributed by atoms with Gasteiger partial charge in [0.15, 0.2) is 0 Å². The van der Waals surface area contributed by atoms with Gasteiger partial charge in [-0.25, -0.2) is 9.97 Å². The molecule has 0 radical (unpaired) electrons.